The van der Waals surface area contributed by atoms with E-state index in [0.717, 1.165) is 26.9 Å². The average Bonchev–Trinajstić information content (AvgIpc) is 2.62. The second-order valence-corrected chi connectivity index (χ2v) is 7.57. The highest BCUT2D eigenvalue weighted by Crippen LogP contribution is 2.39. The summed E-state index contributed by atoms with van der Waals surface area (Å²) < 4.78 is 5.22. The SMILES string of the molecule is COc1ccc2c(c1)SC(CC(=O)Nc1cccc(SC)c1)C(=O)N2. The number of hydrogen-bond donors (Lipinski definition) is 2. The van der Waals surface area contributed by atoms with Gasteiger partial charge in [0.1, 0.15) is 5.75 Å². The van der Waals surface area contributed by atoms with Gasteiger partial charge < -0.3 is 15.4 Å². The van der Waals surface area contributed by atoms with Gasteiger partial charge in [-0.25, -0.2) is 0 Å². The van der Waals surface area contributed by atoms with Crippen LogP contribution >= 0.6 is 23.5 Å². The van der Waals surface area contributed by atoms with Crippen LogP contribution in [0.25, 0.3) is 0 Å². The Balaban J connectivity index is 1.67. The van der Waals surface area contributed by atoms with Gasteiger partial charge in [0.25, 0.3) is 0 Å². The van der Waals surface area contributed by atoms with Crippen LogP contribution in [-0.2, 0) is 9.59 Å². The van der Waals surface area contributed by atoms with Crippen LogP contribution in [0.3, 0.4) is 0 Å². The molecule has 2 N–H and O–H groups in total. The van der Waals surface area contributed by atoms with Gasteiger partial charge in [-0.1, -0.05) is 6.07 Å². The highest BCUT2D eigenvalue weighted by Gasteiger charge is 2.29. The summed E-state index contributed by atoms with van der Waals surface area (Å²) in [6.45, 7) is 0. The zero-order valence-corrected chi connectivity index (χ0v) is 15.5. The molecular weight excluding hydrogens is 356 g/mol. The molecule has 2 aromatic carbocycles. The van der Waals surface area contributed by atoms with Gasteiger partial charge in [0.2, 0.25) is 11.8 Å². The van der Waals surface area contributed by atoms with Crippen molar-refractivity contribution in [2.24, 2.45) is 0 Å². The van der Waals surface area contributed by atoms with E-state index in [1.54, 1.807) is 24.9 Å². The van der Waals surface area contributed by atoms with Crippen LogP contribution in [-0.4, -0.2) is 30.4 Å². The third-order valence-corrected chi connectivity index (χ3v) is 5.71. The molecule has 0 saturated carbocycles. The molecule has 2 amide bonds. The molecule has 1 aliphatic rings. The average molecular weight is 374 g/mol. The van der Waals surface area contributed by atoms with Crippen LogP contribution in [0.15, 0.2) is 52.3 Å². The fraction of sp³-hybridized carbons (Fsp3) is 0.222. The molecule has 0 spiro atoms. The maximum atomic E-state index is 12.3. The molecule has 25 heavy (non-hydrogen) atoms. The molecule has 1 atom stereocenters. The number of anilines is 2. The van der Waals surface area contributed by atoms with Crippen molar-refractivity contribution in [3.8, 4) is 5.75 Å². The largest absolute Gasteiger partial charge is 0.497 e. The third kappa shape index (κ3) is 4.29. The molecule has 0 saturated heterocycles. The summed E-state index contributed by atoms with van der Waals surface area (Å²) in [5, 5.41) is 5.24. The van der Waals surface area contributed by atoms with E-state index in [-0.39, 0.29) is 18.2 Å². The Kier molecular flexibility index (Phi) is 5.55. The summed E-state index contributed by atoms with van der Waals surface area (Å²) in [7, 11) is 1.60. The van der Waals surface area contributed by atoms with Crippen molar-refractivity contribution < 1.29 is 14.3 Å². The van der Waals surface area contributed by atoms with Crippen molar-refractivity contribution in [2.75, 3.05) is 24.0 Å². The molecule has 3 rings (SSSR count). The number of methoxy groups -OCH3 is 1. The normalized spacial score (nSPS) is 15.9. The van der Waals surface area contributed by atoms with Crippen LogP contribution in [0.2, 0.25) is 0 Å². The van der Waals surface area contributed by atoms with Gasteiger partial charge in [-0.05, 0) is 42.7 Å². The second-order valence-electron chi connectivity index (χ2n) is 5.44. The molecule has 0 aromatic heterocycles. The van der Waals surface area contributed by atoms with Crippen LogP contribution in [0, 0.1) is 0 Å². The molecule has 0 fully saturated rings. The molecule has 0 radical (unpaired) electrons. The van der Waals surface area contributed by atoms with Crippen molar-refractivity contribution >= 4 is 46.7 Å². The lowest BCUT2D eigenvalue weighted by molar-refractivity contribution is -0.120. The minimum Gasteiger partial charge on any atom is -0.497 e. The first-order valence-electron chi connectivity index (χ1n) is 7.68. The first-order valence-corrected chi connectivity index (χ1v) is 9.79. The van der Waals surface area contributed by atoms with Gasteiger partial charge in [0, 0.05) is 21.9 Å². The number of carbonyl (C=O) groups excluding carboxylic acids is 2. The number of rotatable bonds is 5. The summed E-state index contributed by atoms with van der Waals surface area (Å²) in [6.07, 6.45) is 2.09. The highest BCUT2D eigenvalue weighted by molar-refractivity contribution is 8.01. The summed E-state index contributed by atoms with van der Waals surface area (Å²) in [4.78, 5) is 26.6. The van der Waals surface area contributed by atoms with E-state index >= 15 is 0 Å². The lowest BCUT2D eigenvalue weighted by Crippen LogP contribution is -2.32. The van der Waals surface area contributed by atoms with Crippen LogP contribution in [0.5, 0.6) is 5.75 Å². The Labute approximate surface area is 154 Å². The van der Waals surface area contributed by atoms with E-state index in [1.807, 2.05) is 42.7 Å². The smallest absolute Gasteiger partial charge is 0.238 e. The lowest BCUT2D eigenvalue weighted by Gasteiger charge is -2.24. The number of ether oxygens (including phenoxy) is 1. The highest BCUT2D eigenvalue weighted by atomic mass is 32.2. The molecule has 0 aliphatic carbocycles. The molecular formula is C18H18N2O3S2. The number of benzene rings is 2. The number of hydrogen-bond acceptors (Lipinski definition) is 5. The minimum absolute atomic E-state index is 0.108. The Morgan fingerprint density at radius 2 is 2.16 bits per heavy atom. The zero-order chi connectivity index (χ0) is 17.8. The van der Waals surface area contributed by atoms with Crippen molar-refractivity contribution in [1.29, 1.82) is 0 Å². The predicted molar refractivity (Wildman–Crippen MR) is 103 cm³/mol. The zero-order valence-electron chi connectivity index (χ0n) is 13.9. The minimum atomic E-state index is -0.469. The predicted octanol–water partition coefficient (Wildman–Crippen LogP) is 3.86. The van der Waals surface area contributed by atoms with E-state index in [1.165, 1.54) is 11.8 Å². The monoisotopic (exact) mass is 374 g/mol. The van der Waals surface area contributed by atoms with Gasteiger partial charge in [0.05, 0.1) is 18.0 Å². The Bertz CT molecular complexity index is 811. The third-order valence-electron chi connectivity index (χ3n) is 3.73. The molecule has 7 heteroatoms. The molecule has 1 unspecified atom stereocenters. The number of fused-ring (bicyclic) bond motifs is 1. The first kappa shape index (κ1) is 17.7. The van der Waals surface area contributed by atoms with E-state index in [4.69, 9.17) is 4.74 Å². The van der Waals surface area contributed by atoms with Crippen LogP contribution in [0.4, 0.5) is 11.4 Å². The summed E-state index contributed by atoms with van der Waals surface area (Å²) in [6, 6.07) is 13.1. The molecule has 1 heterocycles. The molecule has 2 aromatic rings. The maximum Gasteiger partial charge on any atom is 0.238 e. The fourth-order valence-electron chi connectivity index (χ4n) is 2.47. The van der Waals surface area contributed by atoms with Crippen LogP contribution < -0.4 is 15.4 Å². The first-order chi connectivity index (χ1) is 12.1. The molecule has 1 aliphatic heterocycles. The summed E-state index contributed by atoms with van der Waals surface area (Å²) in [5.41, 5.74) is 1.49. The van der Waals surface area contributed by atoms with Gasteiger partial charge >= 0.3 is 0 Å². The van der Waals surface area contributed by atoms with Gasteiger partial charge in [-0.3, -0.25) is 9.59 Å². The molecule has 5 nitrogen and oxygen atoms in total. The number of amides is 2. The Morgan fingerprint density at radius 3 is 2.92 bits per heavy atom. The lowest BCUT2D eigenvalue weighted by atomic mass is 10.2. The van der Waals surface area contributed by atoms with E-state index < -0.39 is 5.25 Å². The topological polar surface area (TPSA) is 67.4 Å². The maximum absolute atomic E-state index is 12.3. The number of thioether (sulfide) groups is 2. The van der Waals surface area contributed by atoms with Crippen molar-refractivity contribution in [3.05, 3.63) is 42.5 Å². The van der Waals surface area contributed by atoms with Gasteiger partial charge in [0.15, 0.2) is 0 Å². The number of carbonyl (C=O) groups is 2. The van der Waals surface area contributed by atoms with E-state index in [2.05, 4.69) is 10.6 Å². The summed E-state index contributed by atoms with van der Waals surface area (Å²) >= 11 is 2.99. The fourth-order valence-corrected chi connectivity index (χ4v) is 4.06. The second kappa shape index (κ2) is 7.84. The molecule has 130 valence electrons. The van der Waals surface area contributed by atoms with Crippen molar-refractivity contribution in [3.63, 3.8) is 0 Å². The molecule has 0 bridgehead atoms. The standard InChI is InChI=1S/C18H18N2O3S2/c1-23-12-6-7-14-15(9-12)25-16(18(22)20-14)10-17(21)19-11-4-3-5-13(8-11)24-2/h3-9,16H,10H2,1-2H3,(H,19,21)(H,20,22). The quantitative estimate of drug-likeness (QED) is 0.778. The van der Waals surface area contributed by atoms with Crippen molar-refractivity contribution in [2.45, 2.75) is 21.5 Å². The van der Waals surface area contributed by atoms with Crippen LogP contribution in [0.1, 0.15) is 6.42 Å². The van der Waals surface area contributed by atoms with E-state index in [0.29, 0.717) is 0 Å². The van der Waals surface area contributed by atoms with Crippen molar-refractivity contribution in [1.82, 2.24) is 0 Å². The van der Waals surface area contributed by atoms with Gasteiger partial charge in [-0.15, -0.1) is 23.5 Å². The summed E-state index contributed by atoms with van der Waals surface area (Å²) in [5.74, 6) is 0.382. The van der Waals surface area contributed by atoms with E-state index in [9.17, 15) is 9.59 Å². The Hall–Kier alpha value is -2.12. The Morgan fingerprint density at radius 1 is 1.32 bits per heavy atom. The van der Waals surface area contributed by atoms with Gasteiger partial charge in [-0.2, -0.15) is 0 Å². The number of nitrogens with one attached hydrogen (secondary N) is 2.